The van der Waals surface area contributed by atoms with Crippen molar-refractivity contribution in [3.8, 4) is 0 Å². The van der Waals surface area contributed by atoms with Crippen molar-refractivity contribution in [3.05, 3.63) is 0 Å². The molecule has 0 saturated carbocycles. The first-order chi connectivity index (χ1) is 12.2. The Bertz CT molecular complexity index is 449. The van der Waals surface area contributed by atoms with Crippen LogP contribution in [0.3, 0.4) is 0 Å². The third-order valence-corrected chi connectivity index (χ3v) is 5.71. The van der Waals surface area contributed by atoms with E-state index in [1.165, 1.54) is 25.7 Å². The Kier molecular flexibility index (Phi) is 14.0. The highest BCUT2D eigenvalue weighted by Gasteiger charge is 2.49. The Morgan fingerprint density at radius 1 is 0.815 bits per heavy atom. The maximum atomic E-state index is 9.22. The summed E-state index contributed by atoms with van der Waals surface area (Å²) in [6.07, 6.45) is 7.21. The SMILES string of the molecule is CCCCCOC(C)(C)[N+](C)(C)C(C)(C)OCCCCC.COS(=O)(=O)[O-]. The van der Waals surface area contributed by atoms with Gasteiger partial charge in [-0.1, -0.05) is 39.5 Å². The van der Waals surface area contributed by atoms with E-state index in [1.807, 2.05) is 0 Å². The van der Waals surface area contributed by atoms with Gasteiger partial charge in [-0.2, -0.15) is 0 Å². The summed E-state index contributed by atoms with van der Waals surface area (Å²) in [5.74, 6) is 0. The zero-order valence-corrected chi connectivity index (χ0v) is 19.8. The molecule has 0 fully saturated rings. The van der Waals surface area contributed by atoms with Crippen molar-refractivity contribution in [3.63, 3.8) is 0 Å². The molecular weight excluding hydrogens is 370 g/mol. The van der Waals surface area contributed by atoms with Gasteiger partial charge >= 0.3 is 0 Å². The maximum Gasteiger partial charge on any atom is 0.217 e. The molecule has 7 nitrogen and oxygen atoms in total. The third kappa shape index (κ3) is 12.0. The second-order valence-corrected chi connectivity index (χ2v) is 9.18. The predicted molar refractivity (Wildman–Crippen MR) is 108 cm³/mol. The van der Waals surface area contributed by atoms with Crippen LogP contribution < -0.4 is 0 Å². The Hall–Kier alpha value is -0.250. The van der Waals surface area contributed by atoms with Gasteiger partial charge in [0.05, 0.1) is 34.4 Å². The van der Waals surface area contributed by atoms with Gasteiger partial charge in [0, 0.05) is 27.7 Å². The van der Waals surface area contributed by atoms with E-state index in [9.17, 15) is 13.0 Å². The van der Waals surface area contributed by atoms with Crippen LogP contribution in [0.4, 0.5) is 0 Å². The standard InChI is InChI=1S/C18H40NO2.CH4O4S/c1-9-11-13-15-20-17(3,4)19(7,8)18(5,6)21-16-14-12-10-2;1-5-6(2,3)4/h9-16H2,1-8H3;1H3,(H,2,3,4)/q+1;/p-1. The summed E-state index contributed by atoms with van der Waals surface area (Å²) in [7, 11) is 0.812. The van der Waals surface area contributed by atoms with Crippen LogP contribution >= 0.6 is 0 Å². The molecule has 0 aromatic rings. The van der Waals surface area contributed by atoms with Gasteiger partial charge in [-0.25, -0.2) is 8.42 Å². The highest BCUT2D eigenvalue weighted by atomic mass is 32.3. The van der Waals surface area contributed by atoms with E-state index in [-0.39, 0.29) is 11.4 Å². The van der Waals surface area contributed by atoms with Gasteiger partial charge in [0.1, 0.15) is 0 Å². The number of quaternary nitrogens is 1. The zero-order valence-electron chi connectivity index (χ0n) is 19.0. The fourth-order valence-corrected chi connectivity index (χ4v) is 2.32. The van der Waals surface area contributed by atoms with Crippen LogP contribution in [-0.2, 0) is 24.1 Å². The molecule has 0 aliphatic carbocycles. The second-order valence-electron chi connectivity index (χ2n) is 8.03. The van der Waals surface area contributed by atoms with Crippen molar-refractivity contribution in [1.82, 2.24) is 0 Å². The van der Waals surface area contributed by atoms with E-state index in [2.05, 4.69) is 59.8 Å². The molecule has 27 heavy (non-hydrogen) atoms. The quantitative estimate of drug-likeness (QED) is 0.149. The van der Waals surface area contributed by atoms with Crippen LogP contribution in [0.1, 0.15) is 80.1 Å². The van der Waals surface area contributed by atoms with Gasteiger partial charge in [-0.05, 0) is 12.8 Å². The lowest BCUT2D eigenvalue weighted by atomic mass is 10.1. The lowest BCUT2D eigenvalue weighted by Crippen LogP contribution is -2.68. The Morgan fingerprint density at radius 2 is 1.11 bits per heavy atom. The molecule has 0 aromatic carbocycles. The summed E-state index contributed by atoms with van der Waals surface area (Å²) in [5, 5.41) is 0. The normalized spacial score (nSPS) is 13.3. The van der Waals surface area contributed by atoms with Gasteiger partial charge in [0.2, 0.25) is 10.4 Å². The fourth-order valence-electron chi connectivity index (χ4n) is 2.32. The number of hydrogen-bond acceptors (Lipinski definition) is 6. The van der Waals surface area contributed by atoms with Gasteiger partial charge in [0.25, 0.3) is 0 Å². The maximum absolute atomic E-state index is 9.22. The molecule has 0 aliphatic rings. The molecule has 0 rings (SSSR count). The molecule has 0 amide bonds. The molecule has 0 aromatic heterocycles. The summed E-state index contributed by atoms with van der Waals surface area (Å²) in [6.45, 7) is 14.8. The van der Waals surface area contributed by atoms with E-state index >= 15 is 0 Å². The first-order valence-corrected chi connectivity index (χ1v) is 11.1. The number of rotatable bonds is 13. The number of hydrogen-bond donors (Lipinski definition) is 0. The van der Waals surface area contributed by atoms with Crippen molar-refractivity contribution in [2.75, 3.05) is 34.4 Å². The molecule has 0 aliphatic heterocycles. The number of nitrogens with zero attached hydrogens (tertiary/aromatic N) is 1. The molecule has 166 valence electrons. The third-order valence-electron chi connectivity index (χ3n) is 5.30. The first-order valence-electron chi connectivity index (χ1n) is 9.82. The molecule has 0 heterocycles. The summed E-state index contributed by atoms with van der Waals surface area (Å²) < 4.78 is 44.1. The summed E-state index contributed by atoms with van der Waals surface area (Å²) >= 11 is 0. The van der Waals surface area contributed by atoms with Gasteiger partial charge < -0.3 is 14.0 Å². The van der Waals surface area contributed by atoms with E-state index in [0.29, 0.717) is 4.48 Å². The van der Waals surface area contributed by atoms with E-state index in [1.54, 1.807) is 0 Å². The molecule has 0 radical (unpaired) electrons. The van der Waals surface area contributed by atoms with Crippen LogP contribution in [0.5, 0.6) is 0 Å². The van der Waals surface area contributed by atoms with Crippen LogP contribution in [0, 0.1) is 0 Å². The smallest absolute Gasteiger partial charge is 0.217 e. The van der Waals surface area contributed by atoms with Crippen molar-refractivity contribution < 1.29 is 31.1 Å². The summed E-state index contributed by atoms with van der Waals surface area (Å²) in [5.41, 5.74) is -0.524. The molecule has 0 bridgehead atoms. The summed E-state index contributed by atoms with van der Waals surface area (Å²) in [4.78, 5) is 0. The average molecular weight is 414 g/mol. The average Bonchev–Trinajstić information content (AvgIpc) is 2.55. The predicted octanol–water partition coefficient (Wildman–Crippen LogP) is 4.04. The minimum absolute atomic E-state index is 0.262. The van der Waals surface area contributed by atoms with E-state index in [0.717, 1.165) is 33.2 Å². The first kappa shape index (κ1) is 29.0. The summed E-state index contributed by atoms with van der Waals surface area (Å²) in [6, 6.07) is 0. The van der Waals surface area contributed by atoms with Crippen LogP contribution in [-0.4, -0.2) is 63.3 Å². The minimum atomic E-state index is -4.41. The van der Waals surface area contributed by atoms with Gasteiger partial charge in [0.15, 0.2) is 11.4 Å². The molecule has 8 heteroatoms. The highest BCUT2D eigenvalue weighted by molar-refractivity contribution is 7.80. The molecular formula is C19H43NO6S. The van der Waals surface area contributed by atoms with E-state index in [4.69, 9.17) is 9.47 Å². The van der Waals surface area contributed by atoms with Crippen LogP contribution in [0.15, 0.2) is 0 Å². The lowest BCUT2D eigenvalue weighted by Gasteiger charge is -2.52. The molecule has 0 N–H and O–H groups in total. The molecule has 0 unspecified atom stereocenters. The lowest BCUT2D eigenvalue weighted by molar-refractivity contribution is -1.02. The minimum Gasteiger partial charge on any atom is -0.726 e. The van der Waals surface area contributed by atoms with Crippen LogP contribution in [0.2, 0.25) is 0 Å². The zero-order chi connectivity index (χ0) is 21.8. The fraction of sp³-hybridized carbons (Fsp3) is 1.00. The monoisotopic (exact) mass is 413 g/mol. The van der Waals surface area contributed by atoms with Crippen molar-refractivity contribution >= 4 is 10.4 Å². The molecule has 0 spiro atoms. The van der Waals surface area contributed by atoms with Crippen LogP contribution in [0.25, 0.3) is 0 Å². The van der Waals surface area contributed by atoms with Crippen molar-refractivity contribution in [2.24, 2.45) is 0 Å². The van der Waals surface area contributed by atoms with E-state index < -0.39 is 10.4 Å². The van der Waals surface area contributed by atoms with Crippen molar-refractivity contribution in [1.29, 1.82) is 0 Å². The largest absolute Gasteiger partial charge is 0.726 e. The number of ether oxygens (including phenoxy) is 2. The Labute approximate surface area is 167 Å². The number of unbranched alkanes of at least 4 members (excludes halogenated alkanes) is 4. The molecule has 0 saturated heterocycles. The second kappa shape index (κ2) is 13.1. The Balaban J connectivity index is 0. The Morgan fingerprint density at radius 3 is 1.33 bits per heavy atom. The molecule has 0 atom stereocenters. The van der Waals surface area contributed by atoms with Gasteiger partial charge in [-0.15, -0.1) is 0 Å². The highest BCUT2D eigenvalue weighted by Crippen LogP contribution is 2.33. The topological polar surface area (TPSA) is 84.9 Å². The van der Waals surface area contributed by atoms with Gasteiger partial charge in [-0.3, -0.25) is 8.67 Å². The van der Waals surface area contributed by atoms with Crippen molar-refractivity contribution in [2.45, 2.75) is 91.5 Å².